The molecule has 1 aliphatic rings. The zero-order valence-electron chi connectivity index (χ0n) is 12.4. The Labute approximate surface area is 135 Å². The predicted octanol–water partition coefficient (Wildman–Crippen LogP) is 2.15. The van der Waals surface area contributed by atoms with Gasteiger partial charge in [0.25, 0.3) is 10.0 Å². The van der Waals surface area contributed by atoms with Gasteiger partial charge in [-0.2, -0.15) is 8.42 Å². The maximum absolute atomic E-state index is 12.1. The quantitative estimate of drug-likeness (QED) is 0.884. The Balaban J connectivity index is 1.69. The predicted molar refractivity (Wildman–Crippen MR) is 91.0 cm³/mol. The van der Waals surface area contributed by atoms with Crippen molar-refractivity contribution in [2.24, 2.45) is 4.99 Å². The van der Waals surface area contributed by atoms with Gasteiger partial charge in [0, 0.05) is 12.6 Å². The smallest absolute Gasteiger partial charge is 0.278 e. The first kappa shape index (κ1) is 15.3. The topological polar surface area (TPSA) is 70.6 Å². The molecule has 1 aliphatic heterocycles. The molecule has 23 heavy (non-hydrogen) atoms. The molecule has 6 heteroatoms. The minimum Gasteiger partial charge on any atom is -0.370 e. The SMILES string of the molecule is O=S1(=O)NC(=NCc2ccccc2)C=C1NCc1ccccc1. The molecule has 0 unspecified atom stereocenters. The van der Waals surface area contributed by atoms with Crippen molar-refractivity contribution in [3.8, 4) is 0 Å². The number of hydrogen-bond donors (Lipinski definition) is 2. The molecule has 0 radical (unpaired) electrons. The molecule has 0 bridgehead atoms. The number of sulfonamides is 1. The van der Waals surface area contributed by atoms with Crippen LogP contribution in [0.3, 0.4) is 0 Å². The molecule has 2 aromatic rings. The highest BCUT2D eigenvalue weighted by atomic mass is 32.2. The van der Waals surface area contributed by atoms with Gasteiger partial charge >= 0.3 is 0 Å². The molecule has 3 rings (SSSR count). The van der Waals surface area contributed by atoms with Gasteiger partial charge in [-0.3, -0.25) is 9.71 Å². The van der Waals surface area contributed by atoms with E-state index in [0.717, 1.165) is 11.1 Å². The first-order valence-electron chi connectivity index (χ1n) is 7.24. The summed E-state index contributed by atoms with van der Waals surface area (Å²) in [6.07, 6.45) is 1.53. The lowest BCUT2D eigenvalue weighted by molar-refractivity contribution is 0.595. The number of nitrogens with one attached hydrogen (secondary N) is 2. The lowest BCUT2D eigenvalue weighted by atomic mass is 10.2. The van der Waals surface area contributed by atoms with Crippen LogP contribution in [0.2, 0.25) is 0 Å². The zero-order valence-corrected chi connectivity index (χ0v) is 13.3. The summed E-state index contributed by atoms with van der Waals surface area (Å²) in [6.45, 7) is 0.876. The highest BCUT2D eigenvalue weighted by Gasteiger charge is 2.26. The Morgan fingerprint density at radius 2 is 1.52 bits per heavy atom. The Morgan fingerprint density at radius 3 is 2.17 bits per heavy atom. The number of amidine groups is 1. The van der Waals surface area contributed by atoms with Crippen molar-refractivity contribution < 1.29 is 8.42 Å². The van der Waals surface area contributed by atoms with Gasteiger partial charge in [-0.15, -0.1) is 0 Å². The van der Waals surface area contributed by atoms with Crippen molar-refractivity contribution in [3.63, 3.8) is 0 Å². The van der Waals surface area contributed by atoms with Crippen molar-refractivity contribution in [3.05, 3.63) is 82.9 Å². The summed E-state index contributed by atoms with van der Waals surface area (Å²) < 4.78 is 26.6. The Morgan fingerprint density at radius 1 is 0.913 bits per heavy atom. The molecule has 0 amide bonds. The molecule has 118 valence electrons. The monoisotopic (exact) mass is 327 g/mol. The van der Waals surface area contributed by atoms with Crippen molar-refractivity contribution in [2.45, 2.75) is 13.1 Å². The first-order chi connectivity index (χ1) is 11.1. The van der Waals surface area contributed by atoms with Gasteiger partial charge in [0.2, 0.25) is 0 Å². The summed E-state index contributed by atoms with van der Waals surface area (Å²) in [6, 6.07) is 19.3. The van der Waals surface area contributed by atoms with Crippen LogP contribution in [0.15, 0.2) is 76.8 Å². The molecule has 0 aliphatic carbocycles. The van der Waals surface area contributed by atoms with Gasteiger partial charge < -0.3 is 5.32 Å². The van der Waals surface area contributed by atoms with Crippen LogP contribution in [0, 0.1) is 0 Å². The average Bonchev–Trinajstić information content (AvgIpc) is 2.87. The standard InChI is InChI=1S/C17H17N3O2S/c21-23(22)17(19-13-15-9-5-2-6-10-15)11-16(20-23)18-12-14-7-3-1-4-8-14/h1-11,19H,12-13H2,(H,18,20). The van der Waals surface area contributed by atoms with E-state index in [1.54, 1.807) is 0 Å². The van der Waals surface area contributed by atoms with Gasteiger partial charge in [0.15, 0.2) is 5.03 Å². The van der Waals surface area contributed by atoms with E-state index in [2.05, 4.69) is 15.0 Å². The molecule has 2 aromatic carbocycles. The van der Waals surface area contributed by atoms with E-state index in [9.17, 15) is 8.42 Å². The second-order valence-corrected chi connectivity index (χ2v) is 6.79. The largest absolute Gasteiger partial charge is 0.370 e. The minimum absolute atomic E-state index is 0.146. The molecule has 0 atom stereocenters. The summed E-state index contributed by atoms with van der Waals surface area (Å²) in [5, 5.41) is 3.09. The maximum atomic E-state index is 12.1. The van der Waals surface area contributed by atoms with Crippen LogP contribution in [0.25, 0.3) is 0 Å². The fourth-order valence-corrected chi connectivity index (χ4v) is 3.23. The van der Waals surface area contributed by atoms with E-state index in [-0.39, 0.29) is 5.03 Å². The average molecular weight is 327 g/mol. The van der Waals surface area contributed by atoms with Gasteiger partial charge in [-0.1, -0.05) is 60.7 Å². The highest BCUT2D eigenvalue weighted by Crippen LogP contribution is 2.11. The Kier molecular flexibility index (Phi) is 4.43. The number of rotatable bonds is 5. The van der Waals surface area contributed by atoms with E-state index >= 15 is 0 Å². The number of nitrogens with zero attached hydrogens (tertiary/aromatic N) is 1. The number of hydrogen-bond acceptors (Lipinski definition) is 4. The fourth-order valence-electron chi connectivity index (χ4n) is 2.19. The third-order valence-corrected chi connectivity index (χ3v) is 4.70. The van der Waals surface area contributed by atoms with Crippen LogP contribution < -0.4 is 10.0 Å². The summed E-state index contributed by atoms with van der Waals surface area (Å²) >= 11 is 0. The number of aliphatic imine (C=N–C) groups is 1. The van der Waals surface area contributed by atoms with Crippen molar-refractivity contribution in [1.82, 2.24) is 10.0 Å². The minimum atomic E-state index is -3.54. The van der Waals surface area contributed by atoms with E-state index in [1.165, 1.54) is 6.08 Å². The molecule has 0 fully saturated rings. The maximum Gasteiger partial charge on any atom is 0.278 e. The van der Waals surface area contributed by atoms with Crippen LogP contribution in [0.1, 0.15) is 11.1 Å². The second-order valence-electron chi connectivity index (χ2n) is 5.14. The third kappa shape index (κ3) is 3.98. The van der Waals surface area contributed by atoms with E-state index < -0.39 is 10.0 Å². The third-order valence-electron chi connectivity index (χ3n) is 3.38. The lowest BCUT2D eigenvalue weighted by Gasteiger charge is -2.06. The molecule has 0 saturated heterocycles. The van der Waals surface area contributed by atoms with Crippen molar-refractivity contribution >= 4 is 15.9 Å². The molecule has 0 saturated carbocycles. The summed E-state index contributed by atoms with van der Waals surface area (Å²) in [5.74, 6) is 0.351. The summed E-state index contributed by atoms with van der Waals surface area (Å²) in [4.78, 5) is 4.30. The van der Waals surface area contributed by atoms with Gasteiger partial charge in [-0.05, 0) is 11.1 Å². The number of benzene rings is 2. The highest BCUT2D eigenvalue weighted by molar-refractivity contribution is 7.94. The molecular formula is C17H17N3O2S. The molecule has 0 spiro atoms. The molecule has 0 aromatic heterocycles. The zero-order chi connectivity index (χ0) is 16.1. The molecule has 5 nitrogen and oxygen atoms in total. The summed E-state index contributed by atoms with van der Waals surface area (Å²) in [5.41, 5.74) is 2.04. The summed E-state index contributed by atoms with van der Waals surface area (Å²) in [7, 11) is -3.54. The molecule has 2 N–H and O–H groups in total. The van der Waals surface area contributed by atoms with E-state index in [1.807, 2.05) is 60.7 Å². The fraction of sp³-hybridized carbons (Fsp3) is 0.118. The first-order valence-corrected chi connectivity index (χ1v) is 8.72. The van der Waals surface area contributed by atoms with E-state index in [4.69, 9.17) is 0 Å². The Bertz CT molecular complexity index is 829. The van der Waals surface area contributed by atoms with Gasteiger partial charge in [0.05, 0.1) is 6.54 Å². The second kappa shape index (κ2) is 6.66. The van der Waals surface area contributed by atoms with Crippen molar-refractivity contribution in [1.29, 1.82) is 0 Å². The van der Waals surface area contributed by atoms with Crippen LogP contribution in [0.5, 0.6) is 0 Å². The lowest BCUT2D eigenvalue weighted by Crippen LogP contribution is -2.27. The molecule has 1 heterocycles. The van der Waals surface area contributed by atoms with Crippen LogP contribution in [0.4, 0.5) is 0 Å². The Hall–Kier alpha value is -2.60. The van der Waals surface area contributed by atoms with E-state index in [0.29, 0.717) is 18.9 Å². The normalized spacial score (nSPS) is 17.6. The molecular weight excluding hydrogens is 310 g/mol. The van der Waals surface area contributed by atoms with Crippen LogP contribution in [-0.4, -0.2) is 14.3 Å². The van der Waals surface area contributed by atoms with Crippen molar-refractivity contribution in [2.75, 3.05) is 0 Å². The van der Waals surface area contributed by atoms with Gasteiger partial charge in [-0.25, -0.2) is 0 Å². The van der Waals surface area contributed by atoms with Gasteiger partial charge in [0.1, 0.15) is 5.84 Å². The van der Waals surface area contributed by atoms with Crippen LogP contribution in [-0.2, 0) is 23.1 Å². The van der Waals surface area contributed by atoms with Crippen LogP contribution >= 0.6 is 0 Å².